The summed E-state index contributed by atoms with van der Waals surface area (Å²) in [4.78, 5) is 23.8. The molecular weight excluding hydrogens is 282 g/mol. The Morgan fingerprint density at radius 2 is 2.09 bits per heavy atom. The molecule has 22 heavy (non-hydrogen) atoms. The van der Waals surface area contributed by atoms with Crippen molar-refractivity contribution in [3.63, 3.8) is 0 Å². The summed E-state index contributed by atoms with van der Waals surface area (Å²) in [6, 6.07) is 0. The Kier molecular flexibility index (Phi) is 4.83. The third-order valence-electron chi connectivity index (χ3n) is 5.38. The zero-order valence-electron chi connectivity index (χ0n) is 13.6. The number of ether oxygens (including phenoxy) is 1. The normalized spacial score (nSPS) is 30.4. The fourth-order valence-corrected chi connectivity index (χ4v) is 3.56. The number of nitrogens with one attached hydrogen (secondary N) is 1. The van der Waals surface area contributed by atoms with Gasteiger partial charge in [-0.3, -0.25) is 0 Å². The Labute approximate surface area is 132 Å². The van der Waals surface area contributed by atoms with Crippen LogP contribution in [0.1, 0.15) is 58.8 Å². The van der Waals surface area contributed by atoms with E-state index in [0.29, 0.717) is 5.92 Å². The van der Waals surface area contributed by atoms with E-state index in [9.17, 15) is 14.7 Å². The van der Waals surface area contributed by atoms with Gasteiger partial charge in [0.2, 0.25) is 0 Å². The van der Waals surface area contributed by atoms with E-state index in [0.717, 1.165) is 44.9 Å². The Morgan fingerprint density at radius 1 is 1.45 bits per heavy atom. The number of alkyl carbamates (subject to hydrolysis) is 1. The van der Waals surface area contributed by atoms with Gasteiger partial charge in [-0.25, -0.2) is 9.59 Å². The van der Waals surface area contributed by atoms with Crippen LogP contribution in [-0.4, -0.2) is 28.3 Å². The van der Waals surface area contributed by atoms with Crippen molar-refractivity contribution in [3.05, 3.63) is 12.7 Å². The van der Waals surface area contributed by atoms with Crippen molar-refractivity contribution in [2.75, 3.05) is 0 Å². The zero-order chi connectivity index (χ0) is 16.4. The van der Waals surface area contributed by atoms with Crippen LogP contribution in [0.15, 0.2) is 12.7 Å². The molecule has 0 aromatic carbocycles. The van der Waals surface area contributed by atoms with Crippen LogP contribution in [0.25, 0.3) is 0 Å². The molecule has 0 radical (unpaired) electrons. The van der Waals surface area contributed by atoms with Crippen LogP contribution in [0.3, 0.4) is 0 Å². The second-order valence-electron chi connectivity index (χ2n) is 7.08. The molecule has 0 aromatic rings. The summed E-state index contributed by atoms with van der Waals surface area (Å²) in [5.41, 5.74) is -1.70. The predicted molar refractivity (Wildman–Crippen MR) is 83.6 cm³/mol. The van der Waals surface area contributed by atoms with E-state index in [4.69, 9.17) is 4.74 Å². The number of carbonyl (C=O) groups is 2. The van der Waals surface area contributed by atoms with Crippen LogP contribution in [0.5, 0.6) is 0 Å². The first-order valence-corrected chi connectivity index (χ1v) is 8.17. The SMILES string of the molecule is C=CCC[C@@H]1C[C@@]1(C)OC(=O)N[C@](C)(C(=O)O)C1CCCC1. The zero-order valence-corrected chi connectivity index (χ0v) is 13.6. The molecule has 124 valence electrons. The van der Waals surface area contributed by atoms with Crippen molar-refractivity contribution in [2.24, 2.45) is 11.8 Å². The maximum atomic E-state index is 12.2. The maximum Gasteiger partial charge on any atom is 0.408 e. The van der Waals surface area contributed by atoms with Gasteiger partial charge < -0.3 is 15.2 Å². The van der Waals surface area contributed by atoms with E-state index < -0.39 is 23.2 Å². The first-order valence-electron chi connectivity index (χ1n) is 8.17. The Morgan fingerprint density at radius 3 is 2.64 bits per heavy atom. The molecule has 0 saturated heterocycles. The van der Waals surface area contributed by atoms with Crippen LogP contribution >= 0.6 is 0 Å². The lowest BCUT2D eigenvalue weighted by atomic mass is 9.84. The lowest BCUT2D eigenvalue weighted by molar-refractivity contribution is -0.146. The third-order valence-corrected chi connectivity index (χ3v) is 5.38. The minimum atomic E-state index is -1.24. The molecular formula is C17H27NO4. The molecule has 0 aliphatic heterocycles. The molecule has 0 bridgehead atoms. The van der Waals surface area contributed by atoms with Crippen molar-refractivity contribution >= 4 is 12.1 Å². The molecule has 0 unspecified atom stereocenters. The quantitative estimate of drug-likeness (QED) is 0.706. The molecule has 0 heterocycles. The van der Waals surface area contributed by atoms with Crippen LogP contribution in [0.2, 0.25) is 0 Å². The minimum Gasteiger partial charge on any atom is -0.480 e. The molecule has 3 atom stereocenters. The molecule has 2 saturated carbocycles. The number of hydrogen-bond donors (Lipinski definition) is 2. The Bertz CT molecular complexity index is 458. The van der Waals surface area contributed by atoms with Crippen LogP contribution in [0, 0.1) is 11.8 Å². The number of allylic oxidation sites excluding steroid dienone is 1. The highest BCUT2D eigenvalue weighted by atomic mass is 16.6. The predicted octanol–water partition coefficient (Wildman–Crippen LogP) is 3.49. The van der Waals surface area contributed by atoms with E-state index in [2.05, 4.69) is 11.9 Å². The topological polar surface area (TPSA) is 75.6 Å². The lowest BCUT2D eigenvalue weighted by Gasteiger charge is -2.32. The Hall–Kier alpha value is -1.52. The van der Waals surface area contributed by atoms with E-state index in [1.807, 2.05) is 13.0 Å². The lowest BCUT2D eigenvalue weighted by Crippen LogP contribution is -2.57. The molecule has 5 heteroatoms. The summed E-state index contributed by atoms with van der Waals surface area (Å²) in [5, 5.41) is 12.2. The van der Waals surface area contributed by atoms with Crippen molar-refractivity contribution in [1.29, 1.82) is 0 Å². The fourth-order valence-electron chi connectivity index (χ4n) is 3.56. The molecule has 2 rings (SSSR count). The highest BCUT2D eigenvalue weighted by molar-refractivity contribution is 5.84. The number of carbonyl (C=O) groups excluding carboxylic acids is 1. The van der Waals surface area contributed by atoms with Crippen LogP contribution in [-0.2, 0) is 9.53 Å². The number of carboxylic acid groups (broad SMARTS) is 1. The summed E-state index contributed by atoms with van der Waals surface area (Å²) in [7, 11) is 0. The van der Waals surface area contributed by atoms with Crippen molar-refractivity contribution < 1.29 is 19.4 Å². The molecule has 0 aromatic heterocycles. The third kappa shape index (κ3) is 3.45. The average Bonchev–Trinajstić information content (AvgIpc) is 2.88. The van der Waals surface area contributed by atoms with Crippen molar-refractivity contribution in [3.8, 4) is 0 Å². The second kappa shape index (κ2) is 6.31. The van der Waals surface area contributed by atoms with Gasteiger partial charge in [0.25, 0.3) is 0 Å². The van der Waals surface area contributed by atoms with Gasteiger partial charge in [0.1, 0.15) is 11.1 Å². The largest absolute Gasteiger partial charge is 0.480 e. The molecule has 1 amide bonds. The molecule has 2 aliphatic rings. The molecule has 0 spiro atoms. The standard InChI is InChI=1S/C17H27NO4/c1-4-5-8-13-11-16(13,2)22-15(21)18-17(3,14(19)20)12-9-6-7-10-12/h4,12-13H,1,5-11H2,2-3H3,(H,18,21)(H,19,20)/t13-,16-,17+/m1/s1. The summed E-state index contributed by atoms with van der Waals surface area (Å²) in [6.45, 7) is 7.20. The van der Waals surface area contributed by atoms with Gasteiger partial charge in [-0.15, -0.1) is 6.58 Å². The number of hydrogen-bond acceptors (Lipinski definition) is 3. The van der Waals surface area contributed by atoms with Gasteiger partial charge in [-0.1, -0.05) is 18.9 Å². The van der Waals surface area contributed by atoms with Gasteiger partial charge in [0.15, 0.2) is 0 Å². The van der Waals surface area contributed by atoms with Crippen LogP contribution in [0.4, 0.5) is 4.79 Å². The highest BCUT2D eigenvalue weighted by Crippen LogP contribution is 2.49. The number of aliphatic carboxylic acids is 1. The molecule has 2 fully saturated rings. The summed E-state index contributed by atoms with van der Waals surface area (Å²) < 4.78 is 5.52. The van der Waals surface area contributed by atoms with Gasteiger partial charge in [0.05, 0.1) is 0 Å². The highest BCUT2D eigenvalue weighted by Gasteiger charge is 2.54. The fraction of sp³-hybridized carbons (Fsp3) is 0.765. The number of amides is 1. The van der Waals surface area contributed by atoms with E-state index >= 15 is 0 Å². The summed E-state index contributed by atoms with van der Waals surface area (Å²) in [5.74, 6) is -0.666. The number of carboxylic acids is 1. The van der Waals surface area contributed by atoms with Crippen molar-refractivity contribution in [2.45, 2.75) is 69.9 Å². The Balaban J connectivity index is 1.92. The number of rotatable bonds is 7. The maximum absolute atomic E-state index is 12.2. The molecule has 2 N–H and O–H groups in total. The second-order valence-corrected chi connectivity index (χ2v) is 7.08. The summed E-state index contributed by atoms with van der Waals surface area (Å²) >= 11 is 0. The first-order chi connectivity index (χ1) is 10.3. The van der Waals surface area contributed by atoms with E-state index in [1.165, 1.54) is 0 Å². The molecule has 5 nitrogen and oxygen atoms in total. The van der Waals surface area contributed by atoms with Gasteiger partial charge in [-0.05, 0) is 51.9 Å². The minimum absolute atomic E-state index is 0.0267. The molecule has 2 aliphatic carbocycles. The average molecular weight is 309 g/mol. The monoisotopic (exact) mass is 309 g/mol. The van der Waals surface area contributed by atoms with Gasteiger partial charge >= 0.3 is 12.1 Å². The first kappa shape index (κ1) is 16.8. The summed E-state index contributed by atoms with van der Waals surface area (Å²) in [6.07, 6.45) is 7.65. The smallest absolute Gasteiger partial charge is 0.408 e. The van der Waals surface area contributed by atoms with Gasteiger partial charge in [0, 0.05) is 5.92 Å². The van der Waals surface area contributed by atoms with Crippen molar-refractivity contribution in [1.82, 2.24) is 5.32 Å². The van der Waals surface area contributed by atoms with E-state index in [1.54, 1.807) is 6.92 Å². The van der Waals surface area contributed by atoms with Gasteiger partial charge in [-0.2, -0.15) is 0 Å². The van der Waals surface area contributed by atoms with E-state index in [-0.39, 0.29) is 5.92 Å². The van der Waals surface area contributed by atoms with Crippen LogP contribution < -0.4 is 5.32 Å².